The molecule has 2 aromatic rings. The third-order valence-electron chi connectivity index (χ3n) is 5.09. The largest absolute Gasteiger partial charge is 0.334 e. The van der Waals surface area contributed by atoms with E-state index in [-0.39, 0.29) is 11.8 Å². The van der Waals surface area contributed by atoms with Crippen molar-refractivity contribution in [2.45, 2.75) is 25.3 Å². The van der Waals surface area contributed by atoms with E-state index in [1.807, 2.05) is 41.3 Å². The highest BCUT2D eigenvalue weighted by atomic mass is 35.5. The number of nitrogens with one attached hydrogen (secondary N) is 1. The number of hydrogen-bond acceptors (Lipinski definition) is 4. The maximum atomic E-state index is 12.6. The van der Waals surface area contributed by atoms with Crippen LogP contribution >= 0.6 is 11.6 Å². The lowest BCUT2D eigenvalue weighted by Crippen LogP contribution is -2.41. The van der Waals surface area contributed by atoms with Gasteiger partial charge in [0.25, 0.3) is 0 Å². The summed E-state index contributed by atoms with van der Waals surface area (Å²) in [7, 11) is -3.05. The van der Waals surface area contributed by atoms with Crippen molar-refractivity contribution in [1.29, 1.82) is 0 Å². The second kappa shape index (κ2) is 10.3. The molecule has 1 N–H and O–H groups in total. The van der Waals surface area contributed by atoms with E-state index in [1.54, 1.807) is 12.1 Å². The third-order valence-corrected chi connectivity index (χ3v) is 6.20. The van der Waals surface area contributed by atoms with Crippen LogP contribution in [-0.4, -0.2) is 56.7 Å². The second-order valence-corrected chi connectivity index (χ2v) is 10.4. The Morgan fingerprint density at radius 2 is 1.57 bits per heavy atom. The minimum Gasteiger partial charge on any atom is -0.334 e. The molecule has 0 bridgehead atoms. The maximum Gasteiger partial charge on any atom is 0.317 e. The van der Waals surface area contributed by atoms with E-state index in [2.05, 4.69) is 10.2 Å². The van der Waals surface area contributed by atoms with E-state index < -0.39 is 9.84 Å². The molecule has 0 unspecified atom stereocenters. The molecule has 0 aromatic heterocycles. The molecule has 1 saturated heterocycles. The standard InChI is InChI=1S/C22H28ClN3O3S/c1-30(28,29)17-20-5-3-18(4-6-20)15-24-22(27)26-12-2-11-25(13-14-26)16-19-7-9-21(23)10-8-19/h3-10H,2,11-17H2,1H3,(H,24,27). The number of halogens is 1. The molecule has 30 heavy (non-hydrogen) atoms. The number of urea groups is 1. The van der Waals surface area contributed by atoms with Gasteiger partial charge in [-0.25, -0.2) is 13.2 Å². The van der Waals surface area contributed by atoms with E-state index in [0.29, 0.717) is 13.1 Å². The van der Waals surface area contributed by atoms with Crippen LogP contribution in [0.3, 0.4) is 0 Å². The molecule has 8 heteroatoms. The summed E-state index contributed by atoms with van der Waals surface area (Å²) in [5, 5.41) is 3.71. The van der Waals surface area contributed by atoms with Gasteiger partial charge in [-0.2, -0.15) is 0 Å². The van der Waals surface area contributed by atoms with Crippen molar-refractivity contribution < 1.29 is 13.2 Å². The lowest BCUT2D eigenvalue weighted by molar-refractivity contribution is 0.197. The summed E-state index contributed by atoms with van der Waals surface area (Å²) in [5.41, 5.74) is 2.91. The normalized spacial score (nSPS) is 15.6. The molecule has 0 spiro atoms. The first-order valence-electron chi connectivity index (χ1n) is 10.0. The predicted molar refractivity (Wildman–Crippen MR) is 120 cm³/mol. The summed E-state index contributed by atoms with van der Waals surface area (Å²) in [6, 6.07) is 15.1. The molecule has 1 heterocycles. The highest BCUT2D eigenvalue weighted by molar-refractivity contribution is 7.89. The number of rotatable bonds is 6. The molecule has 2 amide bonds. The molecule has 0 atom stereocenters. The molecule has 0 saturated carbocycles. The smallest absolute Gasteiger partial charge is 0.317 e. The molecular formula is C22H28ClN3O3S. The molecule has 162 valence electrons. The van der Waals surface area contributed by atoms with E-state index in [4.69, 9.17) is 11.6 Å². The quantitative estimate of drug-likeness (QED) is 0.734. The first-order valence-corrected chi connectivity index (χ1v) is 12.5. The van der Waals surface area contributed by atoms with E-state index in [1.165, 1.54) is 11.8 Å². The Bertz CT molecular complexity index is 947. The summed E-state index contributed by atoms with van der Waals surface area (Å²) in [4.78, 5) is 16.8. The number of nitrogens with zero attached hydrogens (tertiary/aromatic N) is 2. The fourth-order valence-electron chi connectivity index (χ4n) is 3.53. The van der Waals surface area contributed by atoms with Gasteiger partial charge in [-0.1, -0.05) is 48.0 Å². The van der Waals surface area contributed by atoms with Crippen molar-refractivity contribution in [2.75, 3.05) is 32.4 Å². The van der Waals surface area contributed by atoms with Gasteiger partial charge in [-0.05, 0) is 35.2 Å². The van der Waals surface area contributed by atoms with Crippen molar-refractivity contribution in [1.82, 2.24) is 15.1 Å². The van der Waals surface area contributed by atoms with Crippen molar-refractivity contribution in [2.24, 2.45) is 0 Å². The molecule has 1 fully saturated rings. The van der Waals surface area contributed by atoms with Crippen LogP contribution in [-0.2, 0) is 28.7 Å². The minimum atomic E-state index is -3.05. The average molecular weight is 450 g/mol. The van der Waals surface area contributed by atoms with Crippen LogP contribution in [0.5, 0.6) is 0 Å². The van der Waals surface area contributed by atoms with Crippen molar-refractivity contribution >= 4 is 27.5 Å². The molecule has 2 aromatic carbocycles. The Labute approximate surface area is 183 Å². The third kappa shape index (κ3) is 7.31. The van der Waals surface area contributed by atoms with Gasteiger partial charge in [0.2, 0.25) is 0 Å². The number of carbonyl (C=O) groups excluding carboxylic acids is 1. The zero-order valence-corrected chi connectivity index (χ0v) is 18.8. The summed E-state index contributed by atoms with van der Waals surface area (Å²) >= 11 is 5.95. The van der Waals surface area contributed by atoms with Crippen molar-refractivity contribution in [3.63, 3.8) is 0 Å². The van der Waals surface area contributed by atoms with Crippen molar-refractivity contribution in [3.05, 3.63) is 70.2 Å². The Morgan fingerprint density at radius 3 is 2.23 bits per heavy atom. The van der Waals surface area contributed by atoms with Gasteiger partial charge < -0.3 is 10.2 Å². The maximum absolute atomic E-state index is 12.6. The van der Waals surface area contributed by atoms with Gasteiger partial charge in [-0.15, -0.1) is 0 Å². The van der Waals surface area contributed by atoms with Gasteiger partial charge in [0.1, 0.15) is 0 Å². The van der Waals surface area contributed by atoms with Crippen LogP contribution in [0.15, 0.2) is 48.5 Å². The fraction of sp³-hybridized carbons (Fsp3) is 0.409. The Morgan fingerprint density at radius 1 is 0.933 bits per heavy atom. The predicted octanol–water partition coefficient (Wildman–Crippen LogP) is 3.30. The molecule has 6 nitrogen and oxygen atoms in total. The van der Waals surface area contributed by atoms with Crippen molar-refractivity contribution in [3.8, 4) is 0 Å². The number of hydrogen-bond donors (Lipinski definition) is 1. The minimum absolute atomic E-state index is 0.0277. The lowest BCUT2D eigenvalue weighted by atomic mass is 10.1. The molecule has 0 aliphatic carbocycles. The van der Waals surface area contributed by atoms with E-state index in [9.17, 15) is 13.2 Å². The number of carbonyl (C=O) groups is 1. The van der Waals surface area contributed by atoms with Gasteiger partial charge in [0, 0.05) is 50.5 Å². The van der Waals surface area contributed by atoms with Crippen LogP contribution in [0.25, 0.3) is 0 Å². The zero-order chi connectivity index (χ0) is 21.6. The Balaban J connectivity index is 1.46. The van der Waals surface area contributed by atoms with Gasteiger partial charge in [0.05, 0.1) is 5.75 Å². The second-order valence-electron chi connectivity index (χ2n) is 7.79. The summed E-state index contributed by atoms with van der Waals surface area (Å²) < 4.78 is 22.7. The highest BCUT2D eigenvalue weighted by Gasteiger charge is 2.19. The van der Waals surface area contributed by atoms with Gasteiger partial charge in [0.15, 0.2) is 9.84 Å². The number of amides is 2. The average Bonchev–Trinajstić information content (AvgIpc) is 2.93. The van der Waals surface area contributed by atoms with Crippen LogP contribution in [0.4, 0.5) is 4.79 Å². The first-order chi connectivity index (χ1) is 14.3. The molecule has 0 radical (unpaired) electrons. The van der Waals surface area contributed by atoms with Gasteiger partial charge in [-0.3, -0.25) is 4.90 Å². The van der Waals surface area contributed by atoms with Crippen LogP contribution in [0.1, 0.15) is 23.1 Å². The van der Waals surface area contributed by atoms with Gasteiger partial charge >= 0.3 is 6.03 Å². The lowest BCUT2D eigenvalue weighted by Gasteiger charge is -2.22. The summed E-state index contributed by atoms with van der Waals surface area (Å²) in [6.07, 6.45) is 2.15. The van der Waals surface area contributed by atoms with E-state index >= 15 is 0 Å². The van der Waals surface area contributed by atoms with Crippen LogP contribution in [0, 0.1) is 0 Å². The SMILES string of the molecule is CS(=O)(=O)Cc1ccc(CNC(=O)N2CCCN(Cc3ccc(Cl)cc3)CC2)cc1. The molecule has 1 aliphatic heterocycles. The number of benzene rings is 2. The molecule has 3 rings (SSSR count). The van der Waals surface area contributed by atoms with Crippen LogP contribution in [0.2, 0.25) is 5.02 Å². The number of sulfone groups is 1. The zero-order valence-electron chi connectivity index (χ0n) is 17.2. The fourth-order valence-corrected chi connectivity index (χ4v) is 4.45. The Hall–Kier alpha value is -2.09. The van der Waals surface area contributed by atoms with Crippen LogP contribution < -0.4 is 5.32 Å². The molecule has 1 aliphatic rings. The van der Waals surface area contributed by atoms with E-state index in [0.717, 1.165) is 48.7 Å². The monoisotopic (exact) mass is 449 g/mol. The highest BCUT2D eigenvalue weighted by Crippen LogP contribution is 2.13. The summed E-state index contributed by atoms with van der Waals surface area (Å²) in [6.45, 7) is 4.48. The Kier molecular flexibility index (Phi) is 7.75. The summed E-state index contributed by atoms with van der Waals surface area (Å²) in [5.74, 6) is 0.0277. The topological polar surface area (TPSA) is 69.7 Å². The molecular weight excluding hydrogens is 422 g/mol. The first kappa shape index (κ1) is 22.6.